The highest BCUT2D eigenvalue weighted by molar-refractivity contribution is 6.21. The largest absolute Gasteiger partial charge is 0.369 e. The minimum absolute atomic E-state index is 0.147. The van der Waals surface area contributed by atoms with Crippen LogP contribution in [-0.2, 0) is 16.0 Å². The number of rotatable bonds is 7. The van der Waals surface area contributed by atoms with Crippen molar-refractivity contribution in [3.63, 3.8) is 0 Å². The second-order valence-electron chi connectivity index (χ2n) is 6.80. The second-order valence-corrected chi connectivity index (χ2v) is 6.80. The van der Waals surface area contributed by atoms with Crippen LogP contribution in [0.2, 0.25) is 0 Å². The van der Waals surface area contributed by atoms with Gasteiger partial charge in [0, 0.05) is 18.7 Å². The second kappa shape index (κ2) is 8.04. The molecule has 1 aliphatic rings. The highest BCUT2D eigenvalue weighted by Crippen LogP contribution is 2.24. The molecule has 2 aromatic rings. The predicted molar refractivity (Wildman–Crippen MR) is 104 cm³/mol. The molecule has 0 fully saturated rings. The third-order valence-electron chi connectivity index (χ3n) is 4.53. The number of imide groups is 1. The van der Waals surface area contributed by atoms with Crippen molar-refractivity contribution >= 4 is 29.3 Å². The van der Waals surface area contributed by atoms with Crippen LogP contribution in [0.15, 0.2) is 42.5 Å². The summed E-state index contributed by atoms with van der Waals surface area (Å²) in [6.07, 6.45) is 0.694. The standard InChI is InChI=1S/C21H21N3O4/c1-13-4-9-16-17(11-13)21(28)24(20(16)27)10-2-3-19(26)23-15-7-5-14(6-8-15)12-18(22)25/h4-9,11H,2-3,10,12H2,1H3,(H2,22,25)(H,23,26). The molecule has 4 amide bonds. The van der Waals surface area contributed by atoms with E-state index in [0.717, 1.165) is 11.1 Å². The highest BCUT2D eigenvalue weighted by Gasteiger charge is 2.34. The van der Waals surface area contributed by atoms with Crippen molar-refractivity contribution in [1.82, 2.24) is 4.90 Å². The van der Waals surface area contributed by atoms with Crippen LogP contribution in [0.1, 0.15) is 44.7 Å². The van der Waals surface area contributed by atoms with E-state index in [9.17, 15) is 19.2 Å². The Morgan fingerprint density at radius 1 is 1.00 bits per heavy atom. The fourth-order valence-electron chi connectivity index (χ4n) is 3.14. The van der Waals surface area contributed by atoms with E-state index in [1.54, 1.807) is 42.5 Å². The van der Waals surface area contributed by atoms with Gasteiger partial charge in [-0.25, -0.2) is 0 Å². The first kappa shape index (κ1) is 19.3. The van der Waals surface area contributed by atoms with E-state index in [2.05, 4.69) is 5.32 Å². The van der Waals surface area contributed by atoms with E-state index in [-0.39, 0.29) is 37.1 Å². The molecule has 144 valence electrons. The normalized spacial score (nSPS) is 12.8. The maximum Gasteiger partial charge on any atom is 0.261 e. The van der Waals surface area contributed by atoms with Crippen molar-refractivity contribution in [3.8, 4) is 0 Å². The monoisotopic (exact) mass is 379 g/mol. The molecule has 0 spiro atoms. The fourth-order valence-corrected chi connectivity index (χ4v) is 3.14. The Labute approximate surface area is 162 Å². The molecule has 1 heterocycles. The lowest BCUT2D eigenvalue weighted by molar-refractivity contribution is -0.117. The zero-order valence-electron chi connectivity index (χ0n) is 15.5. The van der Waals surface area contributed by atoms with Crippen LogP contribution >= 0.6 is 0 Å². The molecular formula is C21H21N3O4. The summed E-state index contributed by atoms with van der Waals surface area (Å²) >= 11 is 0. The Balaban J connectivity index is 1.50. The van der Waals surface area contributed by atoms with Gasteiger partial charge in [-0.1, -0.05) is 23.8 Å². The molecule has 2 aromatic carbocycles. The molecular weight excluding hydrogens is 358 g/mol. The number of carbonyl (C=O) groups is 4. The van der Waals surface area contributed by atoms with Gasteiger partial charge < -0.3 is 11.1 Å². The minimum atomic E-state index is -0.417. The number of anilines is 1. The van der Waals surface area contributed by atoms with Crippen LogP contribution in [-0.4, -0.2) is 35.1 Å². The molecule has 0 radical (unpaired) electrons. The van der Waals surface area contributed by atoms with E-state index >= 15 is 0 Å². The summed E-state index contributed by atoms with van der Waals surface area (Å²) in [5.41, 5.74) is 8.27. The van der Waals surface area contributed by atoms with Gasteiger partial charge in [0.05, 0.1) is 17.5 Å². The van der Waals surface area contributed by atoms with E-state index < -0.39 is 5.91 Å². The van der Waals surface area contributed by atoms with Gasteiger partial charge in [0.2, 0.25) is 11.8 Å². The smallest absolute Gasteiger partial charge is 0.261 e. The molecule has 3 N–H and O–H groups in total. The summed E-state index contributed by atoms with van der Waals surface area (Å²) in [5.74, 6) is -1.25. The van der Waals surface area contributed by atoms with Gasteiger partial charge in [-0.05, 0) is 43.2 Å². The number of nitrogens with zero attached hydrogens (tertiary/aromatic N) is 1. The maximum absolute atomic E-state index is 12.4. The first-order valence-corrected chi connectivity index (χ1v) is 8.99. The van der Waals surface area contributed by atoms with Crippen LogP contribution in [0, 0.1) is 6.92 Å². The van der Waals surface area contributed by atoms with Crippen LogP contribution in [0.3, 0.4) is 0 Å². The van der Waals surface area contributed by atoms with Crippen LogP contribution in [0.4, 0.5) is 5.69 Å². The van der Waals surface area contributed by atoms with E-state index in [1.807, 2.05) is 6.92 Å². The van der Waals surface area contributed by atoms with Crippen LogP contribution in [0.25, 0.3) is 0 Å². The third-order valence-corrected chi connectivity index (χ3v) is 4.53. The van der Waals surface area contributed by atoms with Gasteiger partial charge in [0.15, 0.2) is 0 Å². The fraction of sp³-hybridized carbons (Fsp3) is 0.238. The van der Waals surface area contributed by atoms with Gasteiger partial charge in [-0.2, -0.15) is 0 Å². The third kappa shape index (κ3) is 4.25. The Morgan fingerprint density at radius 2 is 1.68 bits per heavy atom. The molecule has 0 saturated heterocycles. The van der Waals surface area contributed by atoms with Crippen molar-refractivity contribution < 1.29 is 19.2 Å². The molecule has 0 bridgehead atoms. The van der Waals surface area contributed by atoms with Crippen LogP contribution in [0.5, 0.6) is 0 Å². The molecule has 0 aromatic heterocycles. The summed E-state index contributed by atoms with van der Waals surface area (Å²) < 4.78 is 0. The quantitative estimate of drug-likeness (QED) is 0.717. The number of hydrogen-bond acceptors (Lipinski definition) is 4. The van der Waals surface area contributed by atoms with Crippen molar-refractivity contribution in [3.05, 3.63) is 64.7 Å². The molecule has 1 aliphatic heterocycles. The number of aryl methyl sites for hydroxylation is 1. The van der Waals surface area contributed by atoms with Crippen molar-refractivity contribution in [2.75, 3.05) is 11.9 Å². The molecule has 28 heavy (non-hydrogen) atoms. The lowest BCUT2D eigenvalue weighted by Gasteiger charge is -2.13. The van der Waals surface area contributed by atoms with Gasteiger partial charge in [-0.15, -0.1) is 0 Å². The average molecular weight is 379 g/mol. The number of primary amides is 1. The molecule has 0 aliphatic carbocycles. The van der Waals surface area contributed by atoms with Crippen molar-refractivity contribution in [2.24, 2.45) is 5.73 Å². The maximum atomic E-state index is 12.4. The number of benzene rings is 2. The lowest BCUT2D eigenvalue weighted by Crippen LogP contribution is -2.31. The first-order valence-electron chi connectivity index (χ1n) is 8.99. The van der Waals surface area contributed by atoms with E-state index in [1.165, 1.54) is 4.90 Å². The Kier molecular flexibility index (Phi) is 5.54. The Bertz CT molecular complexity index is 951. The number of nitrogens with one attached hydrogen (secondary N) is 1. The zero-order valence-corrected chi connectivity index (χ0v) is 15.5. The van der Waals surface area contributed by atoms with Gasteiger partial charge in [0.1, 0.15) is 0 Å². The van der Waals surface area contributed by atoms with E-state index in [0.29, 0.717) is 23.2 Å². The number of carbonyl (C=O) groups excluding carboxylic acids is 4. The van der Waals surface area contributed by atoms with Gasteiger partial charge >= 0.3 is 0 Å². The zero-order chi connectivity index (χ0) is 20.3. The van der Waals surface area contributed by atoms with Crippen molar-refractivity contribution in [2.45, 2.75) is 26.2 Å². The van der Waals surface area contributed by atoms with Gasteiger partial charge in [0.25, 0.3) is 11.8 Å². The molecule has 0 unspecified atom stereocenters. The number of fused-ring (bicyclic) bond motifs is 1. The molecule has 7 heteroatoms. The molecule has 0 atom stereocenters. The van der Waals surface area contributed by atoms with Crippen molar-refractivity contribution in [1.29, 1.82) is 0 Å². The summed E-state index contributed by atoms with van der Waals surface area (Å²) in [7, 11) is 0. The Hall–Kier alpha value is -3.48. The summed E-state index contributed by atoms with van der Waals surface area (Å²) in [5, 5.41) is 2.75. The molecule has 0 saturated carbocycles. The topological polar surface area (TPSA) is 110 Å². The number of nitrogens with two attached hydrogens (primary N) is 1. The summed E-state index contributed by atoms with van der Waals surface area (Å²) in [4.78, 5) is 49.0. The molecule has 7 nitrogen and oxygen atoms in total. The summed E-state index contributed by atoms with van der Waals surface area (Å²) in [6.45, 7) is 2.06. The van der Waals surface area contributed by atoms with Crippen LogP contribution < -0.4 is 11.1 Å². The van der Waals surface area contributed by atoms with E-state index in [4.69, 9.17) is 5.73 Å². The summed E-state index contributed by atoms with van der Waals surface area (Å²) in [6, 6.07) is 12.0. The highest BCUT2D eigenvalue weighted by atomic mass is 16.2. The Morgan fingerprint density at radius 3 is 2.36 bits per heavy atom. The predicted octanol–water partition coefficient (Wildman–Crippen LogP) is 2.04. The minimum Gasteiger partial charge on any atom is -0.369 e. The van der Waals surface area contributed by atoms with Gasteiger partial charge in [-0.3, -0.25) is 24.1 Å². The SMILES string of the molecule is Cc1ccc2c(c1)C(=O)N(CCCC(=O)Nc1ccc(CC(N)=O)cc1)C2=O. The first-order chi connectivity index (χ1) is 13.3. The number of amides is 4. The average Bonchev–Trinajstić information content (AvgIpc) is 2.87. The lowest BCUT2D eigenvalue weighted by atomic mass is 10.1. The number of hydrogen-bond donors (Lipinski definition) is 2. The molecule has 3 rings (SSSR count).